The van der Waals surface area contributed by atoms with E-state index in [1.54, 1.807) is 12.3 Å². The number of ether oxygens (including phenoxy) is 1. The van der Waals surface area contributed by atoms with Crippen LogP contribution in [0.3, 0.4) is 0 Å². The van der Waals surface area contributed by atoms with Crippen molar-refractivity contribution in [1.29, 1.82) is 0 Å². The van der Waals surface area contributed by atoms with Gasteiger partial charge < -0.3 is 9.30 Å². The molecule has 0 saturated carbocycles. The fourth-order valence-electron chi connectivity index (χ4n) is 2.96. The summed E-state index contributed by atoms with van der Waals surface area (Å²) in [7, 11) is 0. The van der Waals surface area contributed by atoms with Crippen molar-refractivity contribution in [1.82, 2.24) is 14.5 Å². The summed E-state index contributed by atoms with van der Waals surface area (Å²) in [6.07, 6.45) is 2.80. The number of hydrogen-bond acceptors (Lipinski definition) is 3. The predicted octanol–water partition coefficient (Wildman–Crippen LogP) is 3.27. The van der Waals surface area contributed by atoms with Crippen molar-refractivity contribution in [3.8, 4) is 11.4 Å². The summed E-state index contributed by atoms with van der Waals surface area (Å²) >= 11 is 0. The van der Waals surface area contributed by atoms with E-state index in [4.69, 9.17) is 4.74 Å². The molecule has 3 aromatic rings. The Hall–Kier alpha value is -2.27. The lowest BCUT2D eigenvalue weighted by atomic mass is 10.1. The number of rotatable bonds is 3. The first-order valence-electron chi connectivity index (χ1n) is 7.46. The first-order chi connectivity index (χ1) is 10.8. The number of pyridine rings is 1. The molecular weight excluding hydrogens is 281 g/mol. The van der Waals surface area contributed by atoms with E-state index in [9.17, 15) is 4.39 Å². The lowest BCUT2D eigenvalue weighted by Gasteiger charge is -2.12. The largest absolute Gasteiger partial charge is 0.381 e. The van der Waals surface area contributed by atoms with E-state index in [0.717, 1.165) is 48.7 Å². The van der Waals surface area contributed by atoms with Gasteiger partial charge in [0.25, 0.3) is 0 Å². The fraction of sp³-hybridized carbons (Fsp3) is 0.294. The Kier molecular flexibility index (Phi) is 3.35. The third-order valence-electron chi connectivity index (χ3n) is 4.05. The number of imidazole rings is 1. The van der Waals surface area contributed by atoms with Crippen LogP contribution in [0.4, 0.5) is 4.39 Å². The maximum absolute atomic E-state index is 13.6. The van der Waals surface area contributed by atoms with Crippen LogP contribution in [-0.4, -0.2) is 27.7 Å². The predicted molar refractivity (Wildman–Crippen MR) is 81.8 cm³/mol. The maximum Gasteiger partial charge on any atom is 0.160 e. The van der Waals surface area contributed by atoms with Crippen LogP contribution in [0.15, 0.2) is 42.6 Å². The fourth-order valence-corrected chi connectivity index (χ4v) is 2.96. The first kappa shape index (κ1) is 13.4. The van der Waals surface area contributed by atoms with E-state index in [2.05, 4.69) is 14.5 Å². The van der Waals surface area contributed by atoms with Crippen LogP contribution in [-0.2, 0) is 11.3 Å². The van der Waals surface area contributed by atoms with E-state index >= 15 is 0 Å². The standard InChI is InChI=1S/C17H16FN3O/c18-14-4-1-3-13(9-14)16-20-15-5-2-7-19-17(15)21(16)10-12-6-8-22-11-12/h1-5,7,9,12H,6,8,10-11H2. The van der Waals surface area contributed by atoms with Crippen molar-refractivity contribution in [3.63, 3.8) is 0 Å². The van der Waals surface area contributed by atoms with Gasteiger partial charge in [0.1, 0.15) is 17.2 Å². The second-order valence-electron chi connectivity index (χ2n) is 5.63. The second kappa shape index (κ2) is 5.50. The summed E-state index contributed by atoms with van der Waals surface area (Å²) in [5, 5.41) is 0. The SMILES string of the molecule is Fc1cccc(-c2nc3cccnc3n2CC2CCOC2)c1. The molecule has 1 aliphatic rings. The van der Waals surface area contributed by atoms with Crippen molar-refractivity contribution in [2.75, 3.05) is 13.2 Å². The summed E-state index contributed by atoms with van der Waals surface area (Å²) in [4.78, 5) is 9.12. The van der Waals surface area contributed by atoms with Crippen molar-refractivity contribution in [3.05, 3.63) is 48.4 Å². The molecular formula is C17H16FN3O. The number of benzene rings is 1. The summed E-state index contributed by atoms with van der Waals surface area (Å²) in [5.41, 5.74) is 2.45. The highest BCUT2D eigenvalue weighted by molar-refractivity contribution is 5.77. The summed E-state index contributed by atoms with van der Waals surface area (Å²) < 4.78 is 21.1. The molecule has 4 rings (SSSR count). The molecule has 22 heavy (non-hydrogen) atoms. The zero-order chi connectivity index (χ0) is 14.9. The molecule has 0 radical (unpaired) electrons. The third kappa shape index (κ3) is 2.37. The lowest BCUT2D eigenvalue weighted by molar-refractivity contribution is 0.183. The van der Waals surface area contributed by atoms with Gasteiger partial charge in [-0.2, -0.15) is 0 Å². The third-order valence-corrected chi connectivity index (χ3v) is 4.05. The average molecular weight is 297 g/mol. The molecule has 0 N–H and O–H groups in total. The molecule has 2 aromatic heterocycles. The van der Waals surface area contributed by atoms with Crippen LogP contribution < -0.4 is 0 Å². The Morgan fingerprint density at radius 1 is 1.27 bits per heavy atom. The molecule has 3 heterocycles. The molecule has 1 fully saturated rings. The minimum absolute atomic E-state index is 0.256. The molecule has 0 bridgehead atoms. The summed E-state index contributed by atoms with van der Waals surface area (Å²) in [6, 6.07) is 10.4. The van der Waals surface area contributed by atoms with Gasteiger partial charge in [0.2, 0.25) is 0 Å². The van der Waals surface area contributed by atoms with Gasteiger partial charge in [-0.15, -0.1) is 0 Å². The highest BCUT2D eigenvalue weighted by atomic mass is 19.1. The normalized spacial score (nSPS) is 18.1. The minimum atomic E-state index is -0.256. The van der Waals surface area contributed by atoms with Crippen LogP contribution in [0, 0.1) is 11.7 Å². The number of nitrogens with zero attached hydrogens (tertiary/aromatic N) is 3. The van der Waals surface area contributed by atoms with E-state index in [0.29, 0.717) is 5.92 Å². The molecule has 0 aliphatic carbocycles. The minimum Gasteiger partial charge on any atom is -0.381 e. The first-order valence-corrected chi connectivity index (χ1v) is 7.46. The van der Waals surface area contributed by atoms with Crippen LogP contribution in [0.1, 0.15) is 6.42 Å². The number of aromatic nitrogens is 3. The summed E-state index contributed by atoms with van der Waals surface area (Å²) in [5.74, 6) is 0.958. The average Bonchev–Trinajstić information content (AvgIpc) is 3.16. The van der Waals surface area contributed by atoms with Gasteiger partial charge in [-0.05, 0) is 30.7 Å². The topological polar surface area (TPSA) is 39.9 Å². The molecule has 0 amide bonds. The zero-order valence-corrected chi connectivity index (χ0v) is 12.1. The Morgan fingerprint density at radius 2 is 2.23 bits per heavy atom. The van der Waals surface area contributed by atoms with E-state index in [1.165, 1.54) is 12.1 Å². The smallest absolute Gasteiger partial charge is 0.160 e. The van der Waals surface area contributed by atoms with E-state index in [1.807, 2.05) is 18.2 Å². The van der Waals surface area contributed by atoms with Gasteiger partial charge in [-0.3, -0.25) is 0 Å². The highest BCUT2D eigenvalue weighted by Crippen LogP contribution is 2.26. The molecule has 4 nitrogen and oxygen atoms in total. The van der Waals surface area contributed by atoms with Crippen LogP contribution >= 0.6 is 0 Å². The molecule has 1 saturated heterocycles. The van der Waals surface area contributed by atoms with Gasteiger partial charge in [0, 0.05) is 30.8 Å². The maximum atomic E-state index is 13.6. The van der Waals surface area contributed by atoms with Gasteiger partial charge in [-0.25, -0.2) is 14.4 Å². The van der Waals surface area contributed by atoms with Crippen molar-refractivity contribution < 1.29 is 9.13 Å². The molecule has 112 valence electrons. The zero-order valence-electron chi connectivity index (χ0n) is 12.1. The number of halogens is 1. The Morgan fingerprint density at radius 3 is 3.05 bits per heavy atom. The molecule has 5 heteroatoms. The van der Waals surface area contributed by atoms with Crippen LogP contribution in [0.25, 0.3) is 22.6 Å². The Labute approximate surface area is 127 Å². The van der Waals surface area contributed by atoms with Crippen molar-refractivity contribution in [2.45, 2.75) is 13.0 Å². The Balaban J connectivity index is 1.85. The van der Waals surface area contributed by atoms with Gasteiger partial charge in [-0.1, -0.05) is 12.1 Å². The number of hydrogen-bond donors (Lipinski definition) is 0. The number of fused-ring (bicyclic) bond motifs is 1. The van der Waals surface area contributed by atoms with E-state index < -0.39 is 0 Å². The van der Waals surface area contributed by atoms with Gasteiger partial charge in [0.15, 0.2) is 5.65 Å². The quantitative estimate of drug-likeness (QED) is 0.745. The van der Waals surface area contributed by atoms with Gasteiger partial charge >= 0.3 is 0 Å². The Bertz CT molecular complexity index is 809. The highest BCUT2D eigenvalue weighted by Gasteiger charge is 2.21. The van der Waals surface area contributed by atoms with Crippen molar-refractivity contribution in [2.24, 2.45) is 5.92 Å². The molecule has 1 atom stereocenters. The molecule has 0 spiro atoms. The van der Waals surface area contributed by atoms with Crippen LogP contribution in [0.2, 0.25) is 0 Å². The van der Waals surface area contributed by atoms with Crippen LogP contribution in [0.5, 0.6) is 0 Å². The van der Waals surface area contributed by atoms with Crippen molar-refractivity contribution >= 4 is 11.2 Å². The van der Waals surface area contributed by atoms with Gasteiger partial charge in [0.05, 0.1) is 6.61 Å². The molecule has 1 unspecified atom stereocenters. The second-order valence-corrected chi connectivity index (χ2v) is 5.63. The lowest BCUT2D eigenvalue weighted by Crippen LogP contribution is -2.12. The van der Waals surface area contributed by atoms with E-state index in [-0.39, 0.29) is 5.82 Å². The summed E-state index contributed by atoms with van der Waals surface area (Å²) in [6.45, 7) is 2.36. The monoisotopic (exact) mass is 297 g/mol. The molecule has 1 aromatic carbocycles. The molecule has 1 aliphatic heterocycles.